The summed E-state index contributed by atoms with van der Waals surface area (Å²) in [6.07, 6.45) is 5.48. The molecule has 3 rings (SSSR count). The molecule has 8 heteroatoms. The maximum Gasteiger partial charge on any atom is 0.256 e. The van der Waals surface area contributed by atoms with Crippen LogP contribution in [-0.4, -0.2) is 50.5 Å². The van der Waals surface area contributed by atoms with Crippen molar-refractivity contribution in [1.29, 1.82) is 0 Å². The van der Waals surface area contributed by atoms with Gasteiger partial charge in [0.25, 0.3) is 15.9 Å². The van der Waals surface area contributed by atoms with E-state index >= 15 is 0 Å². The van der Waals surface area contributed by atoms with Gasteiger partial charge in [-0.05, 0) is 24.1 Å². The van der Waals surface area contributed by atoms with Gasteiger partial charge in [0.1, 0.15) is 5.84 Å². The first-order chi connectivity index (χ1) is 12.5. The third-order valence-corrected chi connectivity index (χ3v) is 5.11. The summed E-state index contributed by atoms with van der Waals surface area (Å²) in [6, 6.07) is 9.92. The molecule has 2 aliphatic heterocycles. The van der Waals surface area contributed by atoms with Crippen LogP contribution >= 0.6 is 0 Å². The van der Waals surface area contributed by atoms with Gasteiger partial charge in [0.2, 0.25) is 0 Å². The van der Waals surface area contributed by atoms with Gasteiger partial charge in [-0.15, -0.1) is 4.40 Å². The molecule has 7 nitrogen and oxygen atoms in total. The molecule has 0 spiro atoms. The molecular formula is C18H21N3O4S. The number of rotatable bonds is 7. The number of fused-ring (bicyclic) bond motifs is 1. The molecule has 1 aromatic carbocycles. The van der Waals surface area contributed by atoms with E-state index in [2.05, 4.69) is 9.71 Å². The zero-order valence-electron chi connectivity index (χ0n) is 14.3. The molecule has 0 unspecified atom stereocenters. The Balaban J connectivity index is 1.39. The Labute approximate surface area is 153 Å². The van der Waals surface area contributed by atoms with Gasteiger partial charge in [-0.3, -0.25) is 4.79 Å². The van der Waals surface area contributed by atoms with E-state index in [4.69, 9.17) is 4.74 Å². The molecule has 0 aromatic heterocycles. The number of amides is 1. The largest absolute Gasteiger partial charge is 0.377 e. The lowest BCUT2D eigenvalue weighted by atomic mass is 10.2. The van der Waals surface area contributed by atoms with E-state index in [1.54, 1.807) is 23.3 Å². The van der Waals surface area contributed by atoms with E-state index in [1.165, 1.54) is 0 Å². The normalized spacial score (nSPS) is 17.9. The monoisotopic (exact) mass is 375 g/mol. The van der Waals surface area contributed by atoms with Crippen molar-refractivity contribution in [3.63, 3.8) is 0 Å². The predicted octanol–water partition coefficient (Wildman–Crippen LogP) is 1.21. The first-order valence-corrected chi connectivity index (χ1v) is 10.0. The lowest BCUT2D eigenvalue weighted by Gasteiger charge is -2.26. The Hall–Kier alpha value is -2.45. The Morgan fingerprint density at radius 3 is 2.85 bits per heavy atom. The quantitative estimate of drug-likeness (QED) is 0.724. The van der Waals surface area contributed by atoms with Crippen molar-refractivity contribution < 1.29 is 17.9 Å². The molecule has 0 bridgehead atoms. The summed E-state index contributed by atoms with van der Waals surface area (Å²) in [5.41, 5.74) is 1.60. The average Bonchev–Trinajstić information content (AvgIpc) is 2.64. The maximum absolute atomic E-state index is 12.2. The molecule has 1 N–H and O–H groups in total. The topological polar surface area (TPSA) is 88.1 Å². The van der Waals surface area contributed by atoms with Gasteiger partial charge < -0.3 is 15.0 Å². The zero-order chi connectivity index (χ0) is 18.4. The van der Waals surface area contributed by atoms with Gasteiger partial charge in [0, 0.05) is 25.9 Å². The fraction of sp³-hybridized carbons (Fsp3) is 0.333. The van der Waals surface area contributed by atoms with Gasteiger partial charge in [-0.2, -0.15) is 0 Å². The number of hydrogen-bond acceptors (Lipinski definition) is 5. The van der Waals surface area contributed by atoms with E-state index < -0.39 is 10.0 Å². The van der Waals surface area contributed by atoms with Gasteiger partial charge >= 0.3 is 0 Å². The van der Waals surface area contributed by atoms with Crippen LogP contribution in [0.15, 0.2) is 58.7 Å². The van der Waals surface area contributed by atoms with Crippen molar-refractivity contribution in [1.82, 2.24) is 10.2 Å². The van der Waals surface area contributed by atoms with Crippen molar-refractivity contribution in [2.24, 2.45) is 4.40 Å². The lowest BCUT2D eigenvalue weighted by Crippen LogP contribution is -2.38. The summed E-state index contributed by atoms with van der Waals surface area (Å²) in [6.45, 7) is 1.93. The number of sulfonamides is 1. The summed E-state index contributed by atoms with van der Waals surface area (Å²) in [5.74, 6) is 0.105. The summed E-state index contributed by atoms with van der Waals surface area (Å²) in [7, 11) is -3.38. The van der Waals surface area contributed by atoms with E-state index in [9.17, 15) is 13.2 Å². The second kappa shape index (κ2) is 8.29. The third kappa shape index (κ3) is 5.03. The van der Waals surface area contributed by atoms with E-state index in [1.807, 2.05) is 30.3 Å². The van der Waals surface area contributed by atoms with Crippen LogP contribution in [0.2, 0.25) is 0 Å². The molecule has 2 heterocycles. The number of benzene rings is 1. The number of nitrogens with one attached hydrogen (secondary N) is 1. The smallest absolute Gasteiger partial charge is 0.256 e. The highest BCUT2D eigenvalue weighted by Crippen LogP contribution is 2.15. The second-order valence-corrected chi connectivity index (χ2v) is 7.75. The number of hydrogen-bond donors (Lipinski definition) is 1. The Morgan fingerprint density at radius 2 is 2.04 bits per heavy atom. The Bertz CT molecular complexity index is 844. The highest BCUT2D eigenvalue weighted by atomic mass is 32.2. The SMILES string of the molecule is O=C(NCCCOCc1ccccc1)C1=CN2CCS(=O)(=O)N=C2C=C1. The van der Waals surface area contributed by atoms with Crippen molar-refractivity contribution >= 4 is 21.8 Å². The summed E-state index contributed by atoms with van der Waals surface area (Å²) < 4.78 is 32.2. The number of carbonyl (C=O) groups is 1. The highest BCUT2D eigenvalue weighted by Gasteiger charge is 2.24. The minimum Gasteiger partial charge on any atom is -0.377 e. The number of nitrogens with zero attached hydrogens (tertiary/aromatic N) is 2. The molecule has 26 heavy (non-hydrogen) atoms. The van der Waals surface area contributed by atoms with E-state index in [0.717, 1.165) is 5.56 Å². The fourth-order valence-electron chi connectivity index (χ4n) is 2.58. The first-order valence-electron chi connectivity index (χ1n) is 8.42. The average molecular weight is 375 g/mol. The number of carbonyl (C=O) groups excluding carboxylic acids is 1. The highest BCUT2D eigenvalue weighted by molar-refractivity contribution is 7.90. The molecule has 1 amide bonds. The van der Waals surface area contributed by atoms with Crippen LogP contribution in [-0.2, 0) is 26.2 Å². The van der Waals surface area contributed by atoms with Crippen LogP contribution in [0.4, 0.5) is 0 Å². The number of ether oxygens (including phenoxy) is 1. The molecule has 0 fully saturated rings. The van der Waals surface area contributed by atoms with Crippen LogP contribution in [0.5, 0.6) is 0 Å². The Morgan fingerprint density at radius 1 is 1.23 bits per heavy atom. The first kappa shape index (κ1) is 18.3. The van der Waals surface area contributed by atoms with Crippen LogP contribution < -0.4 is 5.32 Å². The van der Waals surface area contributed by atoms with E-state index in [0.29, 0.717) is 44.1 Å². The fourth-order valence-corrected chi connectivity index (χ4v) is 3.55. The van der Waals surface area contributed by atoms with Crippen LogP contribution in [0.25, 0.3) is 0 Å². The molecular weight excluding hydrogens is 354 g/mol. The molecule has 2 aliphatic rings. The summed E-state index contributed by atoms with van der Waals surface area (Å²) in [5, 5.41) is 2.84. The third-order valence-electron chi connectivity index (χ3n) is 3.95. The zero-order valence-corrected chi connectivity index (χ0v) is 15.1. The molecule has 0 atom stereocenters. The van der Waals surface area contributed by atoms with Crippen LogP contribution in [0.1, 0.15) is 12.0 Å². The minimum absolute atomic E-state index is 0.0471. The van der Waals surface area contributed by atoms with Crippen LogP contribution in [0, 0.1) is 0 Å². The van der Waals surface area contributed by atoms with Crippen molar-refractivity contribution in [3.05, 3.63) is 59.8 Å². The number of amidine groups is 1. The second-order valence-electron chi connectivity index (χ2n) is 5.99. The molecule has 0 radical (unpaired) electrons. The molecule has 0 saturated heterocycles. The maximum atomic E-state index is 12.2. The van der Waals surface area contributed by atoms with Gasteiger partial charge in [0.05, 0.1) is 17.9 Å². The molecule has 0 aliphatic carbocycles. The standard InChI is InChI=1S/C18H21N3O4S/c22-18(19-9-4-11-25-14-15-5-2-1-3-6-15)16-7-8-17-20-26(23,24)12-10-21(17)13-16/h1-3,5-8,13H,4,9-12,14H2,(H,19,22). The van der Waals surface area contributed by atoms with Crippen LogP contribution in [0.3, 0.4) is 0 Å². The summed E-state index contributed by atoms with van der Waals surface area (Å²) in [4.78, 5) is 13.9. The van der Waals surface area contributed by atoms with Gasteiger partial charge in [-0.25, -0.2) is 8.42 Å². The summed E-state index contributed by atoms with van der Waals surface area (Å²) >= 11 is 0. The molecule has 0 saturated carbocycles. The predicted molar refractivity (Wildman–Crippen MR) is 98.9 cm³/mol. The minimum atomic E-state index is -3.38. The molecule has 1 aromatic rings. The molecule has 138 valence electrons. The Kier molecular flexibility index (Phi) is 5.85. The van der Waals surface area contributed by atoms with E-state index in [-0.39, 0.29) is 11.7 Å². The van der Waals surface area contributed by atoms with Gasteiger partial charge in [0.15, 0.2) is 0 Å². The van der Waals surface area contributed by atoms with Gasteiger partial charge in [-0.1, -0.05) is 30.3 Å². The van der Waals surface area contributed by atoms with Crippen molar-refractivity contribution in [2.45, 2.75) is 13.0 Å². The van der Waals surface area contributed by atoms with Crippen molar-refractivity contribution in [2.75, 3.05) is 25.4 Å². The van der Waals surface area contributed by atoms with Crippen molar-refractivity contribution in [3.8, 4) is 0 Å². The lowest BCUT2D eigenvalue weighted by molar-refractivity contribution is -0.117.